The molecular weight excluding hydrogens is 364 g/mol. The number of ketones is 1. The minimum absolute atomic E-state index is 0.0198. The van der Waals surface area contributed by atoms with E-state index in [9.17, 15) is 14.4 Å². The predicted molar refractivity (Wildman–Crippen MR) is 112 cm³/mol. The molecule has 4 rings (SSSR count). The molecule has 0 radical (unpaired) electrons. The van der Waals surface area contributed by atoms with Crippen LogP contribution >= 0.6 is 0 Å². The van der Waals surface area contributed by atoms with Crippen LogP contribution in [0.3, 0.4) is 0 Å². The van der Waals surface area contributed by atoms with Gasteiger partial charge in [-0.15, -0.1) is 0 Å². The van der Waals surface area contributed by atoms with Crippen LogP contribution in [0.1, 0.15) is 69.8 Å². The standard InChI is InChI=1S/C24H32N2O3/c27-22-12-6-4-9-19(22)21-11-2-1-7-15-26(21)23(28)14-13-18-16-17-8-3-5-10-20(17)25-24(18)29/h3,5,8,10,18-19,21H,1-2,4,6-7,9,11-16H2,(H,25,29)/t18-,19-,21-/m0/s1. The van der Waals surface area contributed by atoms with Crippen LogP contribution in [0.15, 0.2) is 24.3 Å². The molecule has 3 aliphatic rings. The van der Waals surface area contributed by atoms with Crippen molar-refractivity contribution in [1.82, 2.24) is 4.90 Å². The minimum atomic E-state index is -0.157. The second-order valence-corrected chi connectivity index (χ2v) is 8.91. The lowest BCUT2D eigenvalue weighted by molar-refractivity contribution is -0.138. The first kappa shape index (κ1) is 20.1. The van der Waals surface area contributed by atoms with E-state index in [0.717, 1.165) is 62.7 Å². The molecular formula is C24H32N2O3. The number of nitrogens with one attached hydrogen (secondary N) is 1. The first-order valence-corrected chi connectivity index (χ1v) is 11.3. The second-order valence-electron chi connectivity index (χ2n) is 8.91. The van der Waals surface area contributed by atoms with Crippen molar-refractivity contribution in [2.45, 2.75) is 76.7 Å². The summed E-state index contributed by atoms with van der Waals surface area (Å²) in [6.45, 7) is 0.757. The van der Waals surface area contributed by atoms with Crippen molar-refractivity contribution in [3.05, 3.63) is 29.8 Å². The Balaban J connectivity index is 1.41. The molecule has 0 spiro atoms. The molecule has 0 bridgehead atoms. The van der Waals surface area contributed by atoms with Crippen molar-refractivity contribution in [2.24, 2.45) is 11.8 Å². The highest BCUT2D eigenvalue weighted by atomic mass is 16.2. The van der Waals surface area contributed by atoms with Gasteiger partial charge in [0.15, 0.2) is 0 Å². The Bertz CT molecular complexity index is 775. The van der Waals surface area contributed by atoms with E-state index in [1.165, 1.54) is 0 Å². The molecule has 1 aliphatic carbocycles. The van der Waals surface area contributed by atoms with Gasteiger partial charge in [-0.25, -0.2) is 0 Å². The molecule has 5 heteroatoms. The number of hydrogen-bond acceptors (Lipinski definition) is 3. The summed E-state index contributed by atoms with van der Waals surface area (Å²) in [7, 11) is 0. The van der Waals surface area contributed by atoms with E-state index in [4.69, 9.17) is 0 Å². The summed E-state index contributed by atoms with van der Waals surface area (Å²) < 4.78 is 0. The summed E-state index contributed by atoms with van der Waals surface area (Å²) in [6.07, 6.45) is 9.52. The Kier molecular flexibility index (Phi) is 6.31. The van der Waals surface area contributed by atoms with Crippen LogP contribution in [0.2, 0.25) is 0 Å². The highest BCUT2D eigenvalue weighted by Gasteiger charge is 2.37. The zero-order valence-electron chi connectivity index (χ0n) is 17.2. The summed E-state index contributed by atoms with van der Waals surface area (Å²) >= 11 is 0. The van der Waals surface area contributed by atoms with Gasteiger partial charge in [0.25, 0.3) is 0 Å². The van der Waals surface area contributed by atoms with E-state index in [-0.39, 0.29) is 29.7 Å². The monoisotopic (exact) mass is 396 g/mol. The first-order chi connectivity index (χ1) is 14.1. The Hall–Kier alpha value is -2.17. The van der Waals surface area contributed by atoms with Gasteiger partial charge in [-0.2, -0.15) is 0 Å². The molecule has 156 valence electrons. The van der Waals surface area contributed by atoms with Crippen molar-refractivity contribution in [1.29, 1.82) is 0 Å². The van der Waals surface area contributed by atoms with Crippen molar-refractivity contribution >= 4 is 23.3 Å². The van der Waals surface area contributed by atoms with Crippen molar-refractivity contribution in [3.8, 4) is 0 Å². The third kappa shape index (κ3) is 4.54. The first-order valence-electron chi connectivity index (χ1n) is 11.3. The quantitative estimate of drug-likeness (QED) is 0.833. The van der Waals surface area contributed by atoms with Gasteiger partial charge in [-0.05, 0) is 50.2 Å². The summed E-state index contributed by atoms with van der Waals surface area (Å²) in [5.41, 5.74) is 2.04. The Morgan fingerprint density at radius 1 is 1.03 bits per heavy atom. The molecule has 5 nitrogen and oxygen atoms in total. The van der Waals surface area contributed by atoms with Gasteiger partial charge in [-0.3, -0.25) is 14.4 Å². The molecule has 1 saturated carbocycles. The highest BCUT2D eigenvalue weighted by molar-refractivity contribution is 5.96. The fourth-order valence-corrected chi connectivity index (χ4v) is 5.37. The lowest BCUT2D eigenvalue weighted by Crippen LogP contribution is -2.47. The third-order valence-electron chi connectivity index (χ3n) is 7.00. The molecule has 2 fully saturated rings. The van der Waals surface area contributed by atoms with Crippen LogP contribution in [0.25, 0.3) is 0 Å². The Morgan fingerprint density at radius 3 is 2.72 bits per heavy atom. The number of nitrogens with zero attached hydrogens (tertiary/aromatic N) is 1. The third-order valence-corrected chi connectivity index (χ3v) is 7.00. The number of anilines is 1. The molecule has 1 N–H and O–H groups in total. The van der Waals surface area contributed by atoms with Crippen LogP contribution in [-0.4, -0.2) is 35.1 Å². The molecule has 2 aliphatic heterocycles. The van der Waals surface area contributed by atoms with Gasteiger partial charge in [0, 0.05) is 43.0 Å². The molecule has 0 aromatic heterocycles. The molecule has 1 aromatic carbocycles. The summed E-state index contributed by atoms with van der Waals surface area (Å²) in [4.78, 5) is 40.2. The average molecular weight is 397 g/mol. The van der Waals surface area contributed by atoms with Gasteiger partial charge >= 0.3 is 0 Å². The van der Waals surface area contributed by atoms with E-state index in [0.29, 0.717) is 31.5 Å². The largest absolute Gasteiger partial charge is 0.339 e. The predicted octanol–water partition coefficient (Wildman–Crippen LogP) is 4.11. The van der Waals surface area contributed by atoms with E-state index >= 15 is 0 Å². The van der Waals surface area contributed by atoms with E-state index in [1.807, 2.05) is 29.2 Å². The maximum absolute atomic E-state index is 13.2. The van der Waals surface area contributed by atoms with E-state index in [1.54, 1.807) is 0 Å². The van der Waals surface area contributed by atoms with Crippen LogP contribution in [-0.2, 0) is 20.8 Å². The van der Waals surface area contributed by atoms with Gasteiger partial charge in [0.05, 0.1) is 0 Å². The number of Topliss-reactive ketones (excluding diaryl/α,β-unsaturated/α-hetero) is 1. The average Bonchev–Trinajstić information content (AvgIpc) is 2.98. The number of hydrogen-bond donors (Lipinski definition) is 1. The Labute approximate surface area is 173 Å². The molecule has 29 heavy (non-hydrogen) atoms. The topological polar surface area (TPSA) is 66.5 Å². The number of benzene rings is 1. The van der Waals surface area contributed by atoms with Gasteiger partial charge in [0.2, 0.25) is 11.8 Å². The lowest BCUT2D eigenvalue weighted by Gasteiger charge is -2.37. The molecule has 1 aromatic rings. The fourth-order valence-electron chi connectivity index (χ4n) is 5.37. The summed E-state index contributed by atoms with van der Waals surface area (Å²) in [6, 6.07) is 7.95. The molecule has 3 atom stereocenters. The number of likely N-dealkylation sites (tertiary alicyclic amines) is 1. The van der Waals surface area contributed by atoms with Crippen molar-refractivity contribution < 1.29 is 14.4 Å². The van der Waals surface area contributed by atoms with Gasteiger partial charge < -0.3 is 10.2 Å². The summed E-state index contributed by atoms with van der Waals surface area (Å²) in [5.74, 6) is 0.365. The maximum Gasteiger partial charge on any atom is 0.227 e. The van der Waals surface area contributed by atoms with Crippen LogP contribution in [0, 0.1) is 11.8 Å². The number of para-hydroxylation sites is 1. The number of amides is 2. The molecule has 2 amide bonds. The fraction of sp³-hybridized carbons (Fsp3) is 0.625. The van der Waals surface area contributed by atoms with Crippen molar-refractivity contribution in [2.75, 3.05) is 11.9 Å². The van der Waals surface area contributed by atoms with E-state index < -0.39 is 0 Å². The van der Waals surface area contributed by atoms with Crippen LogP contribution < -0.4 is 5.32 Å². The van der Waals surface area contributed by atoms with E-state index in [2.05, 4.69) is 5.32 Å². The maximum atomic E-state index is 13.2. The number of rotatable bonds is 4. The van der Waals surface area contributed by atoms with Crippen LogP contribution in [0.4, 0.5) is 5.69 Å². The highest BCUT2D eigenvalue weighted by Crippen LogP contribution is 2.33. The zero-order chi connectivity index (χ0) is 20.2. The smallest absolute Gasteiger partial charge is 0.227 e. The van der Waals surface area contributed by atoms with Crippen LogP contribution in [0.5, 0.6) is 0 Å². The number of fused-ring (bicyclic) bond motifs is 1. The summed E-state index contributed by atoms with van der Waals surface area (Å²) in [5, 5.41) is 2.98. The normalized spacial score (nSPS) is 27.7. The van der Waals surface area contributed by atoms with Gasteiger partial charge in [0.1, 0.15) is 5.78 Å². The zero-order valence-corrected chi connectivity index (χ0v) is 17.2. The van der Waals surface area contributed by atoms with Gasteiger partial charge in [-0.1, -0.05) is 37.5 Å². The number of carbonyl (C=O) groups excluding carboxylic acids is 3. The Morgan fingerprint density at radius 2 is 1.86 bits per heavy atom. The van der Waals surface area contributed by atoms with Crippen molar-refractivity contribution in [3.63, 3.8) is 0 Å². The second kappa shape index (κ2) is 9.10. The lowest BCUT2D eigenvalue weighted by atomic mass is 9.80. The molecule has 0 unspecified atom stereocenters. The SMILES string of the molecule is O=C1Nc2ccccc2C[C@@H]1CCC(=O)N1CCCCC[C@H]1[C@@H]1CCCCC1=O. The molecule has 1 saturated heterocycles. The number of carbonyl (C=O) groups is 3. The minimum Gasteiger partial charge on any atom is -0.339 e. The molecule has 2 heterocycles.